The lowest BCUT2D eigenvalue weighted by Crippen LogP contribution is -2.48. The number of hydrogen-bond acceptors (Lipinski definition) is 4. The number of amides is 1. The molecule has 0 radical (unpaired) electrons. The minimum atomic E-state index is -0.978. The number of β-lactam (4-membered cyclic amide) rings is 1. The van der Waals surface area contributed by atoms with Crippen LogP contribution in [-0.2, 0) is 9.59 Å². The number of carboxylic acid groups (broad SMARTS) is 1. The highest BCUT2D eigenvalue weighted by Gasteiger charge is 2.47. The molecule has 1 N–H and O–H groups in total. The Bertz CT molecular complexity index is 353. The van der Waals surface area contributed by atoms with Crippen molar-refractivity contribution in [1.82, 2.24) is 4.90 Å². The van der Waals surface area contributed by atoms with E-state index in [0.29, 0.717) is 6.42 Å². The maximum atomic E-state index is 11.3. The number of thioether (sulfide) groups is 2. The zero-order valence-electron chi connectivity index (χ0n) is 8.23. The first-order valence-corrected chi connectivity index (χ1v) is 6.86. The van der Waals surface area contributed by atoms with Crippen LogP contribution in [0.4, 0.5) is 0 Å². The second-order valence-corrected chi connectivity index (χ2v) is 5.62. The maximum Gasteiger partial charge on any atom is 0.353 e. The predicted molar refractivity (Wildman–Crippen MR) is 60.5 cm³/mol. The monoisotopic (exact) mass is 245 g/mol. The van der Waals surface area contributed by atoms with Crippen molar-refractivity contribution in [3.63, 3.8) is 0 Å². The van der Waals surface area contributed by atoms with Crippen LogP contribution in [-0.4, -0.2) is 39.3 Å². The van der Waals surface area contributed by atoms with Gasteiger partial charge in [0.2, 0.25) is 5.91 Å². The van der Waals surface area contributed by atoms with Gasteiger partial charge in [-0.1, -0.05) is 0 Å². The van der Waals surface area contributed by atoms with Crippen molar-refractivity contribution < 1.29 is 14.7 Å². The molecular formula is C9H11NO3S2. The number of nitrogens with zero attached hydrogens (tertiary/aromatic N) is 1. The van der Waals surface area contributed by atoms with Crippen LogP contribution in [0.3, 0.4) is 0 Å². The van der Waals surface area contributed by atoms with Crippen LogP contribution in [0.2, 0.25) is 0 Å². The van der Waals surface area contributed by atoms with E-state index < -0.39 is 5.97 Å². The van der Waals surface area contributed by atoms with Crippen LogP contribution in [0.15, 0.2) is 10.6 Å². The summed E-state index contributed by atoms with van der Waals surface area (Å²) in [6.45, 7) is 0. The molecule has 2 rings (SSSR count). The van der Waals surface area contributed by atoms with Crippen molar-refractivity contribution in [2.75, 3.05) is 12.0 Å². The average Bonchev–Trinajstić information content (AvgIpc) is 2.47. The standard InChI is InChI=1S/C9H11NO3S2/c1-14-3-2-5-8(9(12)13)10-6(11)4-7(10)15-5/h7H,2-4H2,1H3,(H,12,13)/t7-/m1/s1. The van der Waals surface area contributed by atoms with Gasteiger partial charge in [0.25, 0.3) is 0 Å². The Labute approximate surface area is 96.1 Å². The summed E-state index contributed by atoms with van der Waals surface area (Å²) in [5.41, 5.74) is 0.218. The van der Waals surface area contributed by atoms with E-state index in [0.717, 1.165) is 17.1 Å². The molecule has 1 atom stereocenters. The quantitative estimate of drug-likeness (QED) is 0.757. The molecule has 0 aromatic carbocycles. The Morgan fingerprint density at radius 3 is 3.00 bits per heavy atom. The van der Waals surface area contributed by atoms with Crippen molar-refractivity contribution in [3.8, 4) is 0 Å². The van der Waals surface area contributed by atoms with Crippen LogP contribution < -0.4 is 0 Å². The molecule has 1 saturated heterocycles. The summed E-state index contributed by atoms with van der Waals surface area (Å²) in [6.07, 6.45) is 3.21. The van der Waals surface area contributed by atoms with Crippen molar-refractivity contribution >= 4 is 35.4 Å². The summed E-state index contributed by atoms with van der Waals surface area (Å²) in [4.78, 5) is 24.6. The molecule has 1 fully saturated rings. The molecule has 6 heteroatoms. The SMILES string of the molecule is CSCCC1=C(C(=O)O)N2C(=O)C[C@H]2S1. The number of carbonyl (C=O) groups excluding carboxylic acids is 1. The molecule has 1 amide bonds. The van der Waals surface area contributed by atoms with Gasteiger partial charge in [-0.2, -0.15) is 11.8 Å². The fourth-order valence-electron chi connectivity index (χ4n) is 1.70. The number of aliphatic carboxylic acids is 1. The Morgan fingerprint density at radius 1 is 1.73 bits per heavy atom. The minimum Gasteiger partial charge on any atom is -0.477 e. The lowest BCUT2D eigenvalue weighted by Gasteiger charge is -2.33. The molecule has 15 heavy (non-hydrogen) atoms. The zero-order chi connectivity index (χ0) is 11.0. The van der Waals surface area contributed by atoms with Crippen LogP contribution in [0.5, 0.6) is 0 Å². The van der Waals surface area contributed by atoms with E-state index in [4.69, 9.17) is 5.11 Å². The largest absolute Gasteiger partial charge is 0.477 e. The topological polar surface area (TPSA) is 57.6 Å². The van der Waals surface area contributed by atoms with E-state index in [-0.39, 0.29) is 17.0 Å². The molecule has 0 aliphatic carbocycles. The Balaban J connectivity index is 2.19. The fourth-order valence-corrected chi connectivity index (χ4v) is 3.64. The minimum absolute atomic E-state index is 0.0560. The van der Waals surface area contributed by atoms with E-state index in [1.807, 2.05) is 6.26 Å². The third-order valence-electron chi connectivity index (χ3n) is 2.43. The molecule has 82 valence electrons. The fraction of sp³-hybridized carbons (Fsp3) is 0.556. The molecule has 0 saturated carbocycles. The summed E-state index contributed by atoms with van der Waals surface area (Å²) in [6, 6.07) is 0. The Morgan fingerprint density at radius 2 is 2.47 bits per heavy atom. The van der Waals surface area contributed by atoms with Gasteiger partial charge in [0, 0.05) is 4.91 Å². The second kappa shape index (κ2) is 4.09. The third-order valence-corrected chi connectivity index (χ3v) is 4.37. The molecule has 2 aliphatic heterocycles. The lowest BCUT2D eigenvalue weighted by atomic mass is 10.1. The van der Waals surface area contributed by atoms with E-state index >= 15 is 0 Å². The molecular weight excluding hydrogens is 234 g/mol. The predicted octanol–water partition coefficient (Wildman–Crippen LogP) is 1.34. The van der Waals surface area contributed by atoms with Crippen molar-refractivity contribution in [1.29, 1.82) is 0 Å². The number of carbonyl (C=O) groups is 2. The summed E-state index contributed by atoms with van der Waals surface area (Å²) in [5.74, 6) is -0.147. The maximum absolute atomic E-state index is 11.3. The smallest absolute Gasteiger partial charge is 0.353 e. The van der Waals surface area contributed by atoms with E-state index in [1.165, 1.54) is 16.7 Å². The number of fused-ring (bicyclic) bond motifs is 1. The molecule has 2 heterocycles. The van der Waals surface area contributed by atoms with E-state index in [2.05, 4.69) is 0 Å². The third kappa shape index (κ3) is 1.76. The first kappa shape index (κ1) is 10.9. The number of allylic oxidation sites excluding steroid dienone is 1. The first-order valence-electron chi connectivity index (χ1n) is 4.59. The summed E-state index contributed by atoms with van der Waals surface area (Å²) < 4.78 is 0. The summed E-state index contributed by atoms with van der Waals surface area (Å²) in [7, 11) is 0. The Kier molecular flexibility index (Phi) is 2.97. The van der Waals surface area contributed by atoms with Gasteiger partial charge in [-0.25, -0.2) is 4.79 Å². The molecule has 2 aliphatic rings. The van der Waals surface area contributed by atoms with Crippen LogP contribution >= 0.6 is 23.5 Å². The molecule has 0 spiro atoms. The van der Waals surface area contributed by atoms with Gasteiger partial charge >= 0.3 is 5.97 Å². The Hall–Kier alpha value is -0.620. The van der Waals surface area contributed by atoms with Gasteiger partial charge in [-0.15, -0.1) is 11.8 Å². The molecule has 4 nitrogen and oxygen atoms in total. The van der Waals surface area contributed by atoms with Crippen molar-refractivity contribution in [3.05, 3.63) is 10.6 Å². The number of carboxylic acids is 1. The summed E-state index contributed by atoms with van der Waals surface area (Å²) in [5, 5.41) is 9.11. The second-order valence-electron chi connectivity index (χ2n) is 3.36. The molecule has 0 aromatic rings. The average molecular weight is 245 g/mol. The van der Waals surface area contributed by atoms with E-state index in [9.17, 15) is 9.59 Å². The number of rotatable bonds is 4. The van der Waals surface area contributed by atoms with Crippen molar-refractivity contribution in [2.24, 2.45) is 0 Å². The molecule has 0 bridgehead atoms. The highest BCUT2D eigenvalue weighted by molar-refractivity contribution is 8.04. The van der Waals surface area contributed by atoms with Gasteiger partial charge in [-0.05, 0) is 18.4 Å². The van der Waals surface area contributed by atoms with Gasteiger partial charge in [-0.3, -0.25) is 9.69 Å². The highest BCUT2D eigenvalue weighted by atomic mass is 32.2. The van der Waals surface area contributed by atoms with E-state index in [1.54, 1.807) is 11.8 Å². The number of hydrogen-bond donors (Lipinski definition) is 1. The van der Waals surface area contributed by atoms with Gasteiger partial charge in [0.1, 0.15) is 5.70 Å². The summed E-state index contributed by atoms with van der Waals surface area (Å²) >= 11 is 3.21. The molecule has 0 aromatic heterocycles. The normalized spacial score (nSPS) is 24.2. The van der Waals surface area contributed by atoms with Gasteiger partial charge in [0.15, 0.2) is 0 Å². The van der Waals surface area contributed by atoms with Crippen LogP contribution in [0.25, 0.3) is 0 Å². The molecule has 0 unspecified atom stereocenters. The lowest BCUT2D eigenvalue weighted by molar-refractivity contribution is -0.145. The highest BCUT2D eigenvalue weighted by Crippen LogP contribution is 2.47. The van der Waals surface area contributed by atoms with Gasteiger partial charge in [0.05, 0.1) is 11.8 Å². The van der Waals surface area contributed by atoms with Crippen LogP contribution in [0, 0.1) is 0 Å². The van der Waals surface area contributed by atoms with Crippen molar-refractivity contribution in [2.45, 2.75) is 18.2 Å². The first-order chi connectivity index (χ1) is 7.15. The van der Waals surface area contributed by atoms with Gasteiger partial charge < -0.3 is 5.11 Å². The van der Waals surface area contributed by atoms with Crippen LogP contribution in [0.1, 0.15) is 12.8 Å². The zero-order valence-corrected chi connectivity index (χ0v) is 9.86.